The van der Waals surface area contributed by atoms with E-state index in [0.717, 1.165) is 6.42 Å². The van der Waals surface area contributed by atoms with Crippen LogP contribution >= 0.6 is 0 Å². The van der Waals surface area contributed by atoms with Gasteiger partial charge in [0.05, 0.1) is 18.7 Å². The molecule has 0 spiro atoms. The van der Waals surface area contributed by atoms with Crippen LogP contribution in [0.1, 0.15) is 26.7 Å². The maximum absolute atomic E-state index is 12.2. The first kappa shape index (κ1) is 17.5. The van der Waals surface area contributed by atoms with E-state index in [4.69, 9.17) is 4.74 Å². The first-order chi connectivity index (χ1) is 10.0. The van der Waals surface area contributed by atoms with E-state index in [1.165, 1.54) is 6.07 Å². The SMILES string of the molecule is CCCNS(=O)(=O)c1ccccc1NCCC(=O)OCC. The van der Waals surface area contributed by atoms with Crippen LogP contribution < -0.4 is 10.0 Å². The largest absolute Gasteiger partial charge is 0.466 e. The van der Waals surface area contributed by atoms with Crippen LogP contribution in [0.25, 0.3) is 0 Å². The van der Waals surface area contributed by atoms with E-state index in [0.29, 0.717) is 25.4 Å². The lowest BCUT2D eigenvalue weighted by Crippen LogP contribution is -2.25. The summed E-state index contributed by atoms with van der Waals surface area (Å²) < 4.78 is 31.7. The summed E-state index contributed by atoms with van der Waals surface area (Å²) >= 11 is 0. The number of hydrogen-bond acceptors (Lipinski definition) is 5. The van der Waals surface area contributed by atoms with Crippen molar-refractivity contribution in [3.8, 4) is 0 Å². The molecule has 0 saturated heterocycles. The number of carbonyl (C=O) groups is 1. The molecule has 0 fully saturated rings. The topological polar surface area (TPSA) is 84.5 Å². The summed E-state index contributed by atoms with van der Waals surface area (Å²) in [5, 5.41) is 2.97. The Morgan fingerprint density at radius 2 is 1.90 bits per heavy atom. The number of para-hydroxylation sites is 1. The molecule has 118 valence electrons. The highest BCUT2D eigenvalue weighted by Crippen LogP contribution is 2.20. The van der Waals surface area contributed by atoms with Crippen molar-refractivity contribution in [1.29, 1.82) is 0 Å². The Labute approximate surface area is 125 Å². The minimum atomic E-state index is -3.54. The summed E-state index contributed by atoms with van der Waals surface area (Å²) in [7, 11) is -3.54. The van der Waals surface area contributed by atoms with Gasteiger partial charge in [0.1, 0.15) is 4.90 Å². The van der Waals surface area contributed by atoms with Crippen LogP contribution in [0.3, 0.4) is 0 Å². The molecular formula is C14H22N2O4S. The zero-order valence-electron chi connectivity index (χ0n) is 12.4. The average Bonchev–Trinajstić information content (AvgIpc) is 2.46. The number of ether oxygens (including phenoxy) is 1. The van der Waals surface area contributed by atoms with Gasteiger partial charge in [0.2, 0.25) is 10.0 Å². The highest BCUT2D eigenvalue weighted by molar-refractivity contribution is 7.89. The van der Waals surface area contributed by atoms with Crippen molar-refractivity contribution in [2.24, 2.45) is 0 Å². The van der Waals surface area contributed by atoms with E-state index in [-0.39, 0.29) is 17.3 Å². The molecule has 6 nitrogen and oxygen atoms in total. The number of nitrogens with one attached hydrogen (secondary N) is 2. The van der Waals surface area contributed by atoms with Gasteiger partial charge in [0.15, 0.2) is 0 Å². The molecule has 0 radical (unpaired) electrons. The van der Waals surface area contributed by atoms with Crippen molar-refractivity contribution < 1.29 is 17.9 Å². The standard InChI is InChI=1S/C14H22N2O4S/c1-3-10-16-21(18,19)13-8-6-5-7-12(13)15-11-9-14(17)20-4-2/h5-8,15-16H,3-4,9-11H2,1-2H3. The summed E-state index contributed by atoms with van der Waals surface area (Å²) in [6.45, 7) is 4.68. The first-order valence-corrected chi connectivity index (χ1v) is 8.47. The average molecular weight is 314 g/mol. The lowest BCUT2D eigenvalue weighted by molar-refractivity contribution is -0.142. The summed E-state index contributed by atoms with van der Waals surface area (Å²) in [6, 6.07) is 6.61. The fourth-order valence-corrected chi connectivity index (χ4v) is 3.01. The number of carbonyl (C=O) groups excluding carboxylic acids is 1. The van der Waals surface area contributed by atoms with Crippen molar-refractivity contribution in [2.45, 2.75) is 31.6 Å². The molecule has 0 aromatic heterocycles. The van der Waals surface area contributed by atoms with Crippen molar-refractivity contribution in [2.75, 3.05) is 25.0 Å². The van der Waals surface area contributed by atoms with Gasteiger partial charge in [0, 0.05) is 13.1 Å². The van der Waals surface area contributed by atoms with Crippen LogP contribution in [0.15, 0.2) is 29.2 Å². The molecule has 1 aromatic carbocycles. The van der Waals surface area contributed by atoms with Crippen molar-refractivity contribution in [1.82, 2.24) is 4.72 Å². The van der Waals surface area contributed by atoms with Gasteiger partial charge in [-0.2, -0.15) is 0 Å². The predicted octanol–water partition coefficient (Wildman–Crippen LogP) is 1.74. The van der Waals surface area contributed by atoms with Gasteiger partial charge in [-0.05, 0) is 25.5 Å². The van der Waals surface area contributed by atoms with Crippen molar-refractivity contribution >= 4 is 21.7 Å². The zero-order chi connectivity index (χ0) is 15.7. The van der Waals surface area contributed by atoms with E-state index in [1.807, 2.05) is 6.92 Å². The van der Waals surface area contributed by atoms with Crippen LogP contribution in [0, 0.1) is 0 Å². The molecule has 0 atom stereocenters. The molecule has 21 heavy (non-hydrogen) atoms. The molecule has 0 heterocycles. The van der Waals surface area contributed by atoms with Gasteiger partial charge in [0.25, 0.3) is 0 Å². The first-order valence-electron chi connectivity index (χ1n) is 6.99. The number of rotatable bonds is 9. The van der Waals surface area contributed by atoms with E-state index >= 15 is 0 Å². The molecule has 0 saturated carbocycles. The van der Waals surface area contributed by atoms with Gasteiger partial charge in [-0.15, -0.1) is 0 Å². The second-order valence-electron chi connectivity index (χ2n) is 4.38. The second-order valence-corrected chi connectivity index (χ2v) is 6.11. The Morgan fingerprint density at radius 1 is 1.19 bits per heavy atom. The number of anilines is 1. The lowest BCUT2D eigenvalue weighted by Gasteiger charge is -2.12. The van der Waals surface area contributed by atoms with E-state index in [2.05, 4.69) is 10.0 Å². The molecule has 2 N–H and O–H groups in total. The molecule has 1 rings (SSSR count). The molecule has 0 aliphatic rings. The molecule has 7 heteroatoms. The van der Waals surface area contributed by atoms with Crippen molar-refractivity contribution in [3.05, 3.63) is 24.3 Å². The van der Waals surface area contributed by atoms with Gasteiger partial charge in [-0.1, -0.05) is 19.1 Å². The van der Waals surface area contributed by atoms with E-state index in [9.17, 15) is 13.2 Å². The smallest absolute Gasteiger partial charge is 0.307 e. The summed E-state index contributed by atoms with van der Waals surface area (Å²) in [6.07, 6.45) is 0.905. The third-order valence-electron chi connectivity index (χ3n) is 2.67. The minimum Gasteiger partial charge on any atom is -0.466 e. The Balaban J connectivity index is 2.73. The number of sulfonamides is 1. The van der Waals surface area contributed by atoms with Gasteiger partial charge >= 0.3 is 5.97 Å². The highest BCUT2D eigenvalue weighted by atomic mass is 32.2. The van der Waals surface area contributed by atoms with Crippen LogP contribution in [0.5, 0.6) is 0 Å². The molecule has 0 bridgehead atoms. The Bertz CT molecular complexity index is 558. The molecule has 0 aliphatic carbocycles. The fourth-order valence-electron chi connectivity index (χ4n) is 1.69. The minimum absolute atomic E-state index is 0.183. The van der Waals surface area contributed by atoms with Crippen LogP contribution in [0.4, 0.5) is 5.69 Å². The van der Waals surface area contributed by atoms with Gasteiger partial charge in [-0.25, -0.2) is 13.1 Å². The second kappa shape index (κ2) is 8.63. The maximum Gasteiger partial charge on any atom is 0.307 e. The fraction of sp³-hybridized carbons (Fsp3) is 0.500. The maximum atomic E-state index is 12.2. The molecule has 0 aliphatic heterocycles. The van der Waals surface area contributed by atoms with Crippen molar-refractivity contribution in [3.63, 3.8) is 0 Å². The summed E-state index contributed by atoms with van der Waals surface area (Å²) in [5.41, 5.74) is 0.477. The Morgan fingerprint density at radius 3 is 2.57 bits per heavy atom. The Hall–Kier alpha value is -1.60. The molecule has 1 aromatic rings. The van der Waals surface area contributed by atoms with Crippen LogP contribution in [-0.4, -0.2) is 34.1 Å². The monoisotopic (exact) mass is 314 g/mol. The van der Waals surface area contributed by atoms with Crippen LogP contribution in [0.2, 0.25) is 0 Å². The van der Waals surface area contributed by atoms with E-state index < -0.39 is 10.0 Å². The zero-order valence-corrected chi connectivity index (χ0v) is 13.2. The van der Waals surface area contributed by atoms with Gasteiger partial charge in [-0.3, -0.25) is 4.79 Å². The lowest BCUT2D eigenvalue weighted by atomic mass is 10.3. The molecule has 0 amide bonds. The molecule has 0 unspecified atom stereocenters. The highest BCUT2D eigenvalue weighted by Gasteiger charge is 2.17. The third-order valence-corrected chi connectivity index (χ3v) is 4.19. The Kier molecular flexibility index (Phi) is 7.18. The number of esters is 1. The van der Waals surface area contributed by atoms with Gasteiger partial charge < -0.3 is 10.1 Å². The predicted molar refractivity (Wildman–Crippen MR) is 81.7 cm³/mol. The number of hydrogen-bond donors (Lipinski definition) is 2. The molecular weight excluding hydrogens is 292 g/mol. The van der Waals surface area contributed by atoms with E-state index in [1.54, 1.807) is 25.1 Å². The third kappa shape index (κ3) is 5.73. The summed E-state index contributed by atoms with van der Waals surface area (Å²) in [5.74, 6) is -0.311. The summed E-state index contributed by atoms with van der Waals surface area (Å²) in [4.78, 5) is 11.4. The van der Waals surface area contributed by atoms with Crippen LogP contribution in [-0.2, 0) is 19.6 Å². The quantitative estimate of drug-likeness (QED) is 0.678. The number of benzene rings is 1. The normalized spacial score (nSPS) is 11.1.